The maximum Gasteiger partial charge on any atom is 0.227 e. The summed E-state index contributed by atoms with van der Waals surface area (Å²) >= 11 is 0. The molecule has 0 unspecified atom stereocenters. The van der Waals surface area contributed by atoms with Crippen molar-refractivity contribution < 1.29 is 9.59 Å². The van der Waals surface area contributed by atoms with Crippen LogP contribution in [0, 0.1) is 11.8 Å². The lowest BCUT2D eigenvalue weighted by Crippen LogP contribution is -2.49. The molecule has 2 fully saturated rings. The normalized spacial score (nSPS) is 18.4. The highest BCUT2D eigenvalue weighted by Gasteiger charge is 2.24. The molecule has 142 valence electrons. The number of rotatable bonds is 5. The average Bonchev–Trinajstić information content (AvgIpc) is 3.17. The van der Waals surface area contributed by atoms with Gasteiger partial charge in [-0.2, -0.15) is 0 Å². The van der Waals surface area contributed by atoms with E-state index in [1.165, 1.54) is 0 Å². The summed E-state index contributed by atoms with van der Waals surface area (Å²) in [5.41, 5.74) is 0.761. The van der Waals surface area contributed by atoms with Crippen molar-refractivity contribution in [3.8, 4) is 0 Å². The van der Waals surface area contributed by atoms with Crippen LogP contribution in [0.4, 0.5) is 11.5 Å². The van der Waals surface area contributed by atoms with Gasteiger partial charge in [0.05, 0.1) is 11.9 Å². The van der Waals surface area contributed by atoms with Crippen molar-refractivity contribution in [1.29, 1.82) is 0 Å². The molecule has 1 saturated heterocycles. The van der Waals surface area contributed by atoms with Crippen LogP contribution in [0.3, 0.4) is 0 Å². The molecule has 26 heavy (non-hydrogen) atoms. The van der Waals surface area contributed by atoms with Crippen LogP contribution in [0.15, 0.2) is 18.3 Å². The number of hydrogen-bond acceptors (Lipinski definition) is 4. The van der Waals surface area contributed by atoms with Gasteiger partial charge in [0, 0.05) is 38.5 Å². The lowest BCUT2D eigenvalue weighted by atomic mass is 10.1. The molecule has 0 bridgehead atoms. The van der Waals surface area contributed by atoms with Gasteiger partial charge in [0.15, 0.2) is 0 Å². The molecular weight excluding hydrogens is 328 g/mol. The Morgan fingerprint density at radius 1 is 1.15 bits per heavy atom. The quantitative estimate of drug-likeness (QED) is 0.879. The first-order valence-corrected chi connectivity index (χ1v) is 9.82. The van der Waals surface area contributed by atoms with Crippen molar-refractivity contribution in [2.24, 2.45) is 11.8 Å². The van der Waals surface area contributed by atoms with Gasteiger partial charge in [0.2, 0.25) is 11.8 Å². The van der Waals surface area contributed by atoms with Gasteiger partial charge in [-0.3, -0.25) is 9.59 Å². The van der Waals surface area contributed by atoms with Crippen LogP contribution in [0.25, 0.3) is 0 Å². The zero-order valence-electron chi connectivity index (χ0n) is 15.9. The van der Waals surface area contributed by atoms with Gasteiger partial charge < -0.3 is 15.1 Å². The molecule has 1 aromatic rings. The van der Waals surface area contributed by atoms with Crippen molar-refractivity contribution >= 4 is 23.3 Å². The molecule has 0 atom stereocenters. The third-order valence-corrected chi connectivity index (χ3v) is 5.28. The minimum Gasteiger partial charge on any atom is -0.353 e. The Hall–Kier alpha value is -2.11. The first kappa shape index (κ1) is 18.7. The van der Waals surface area contributed by atoms with Gasteiger partial charge in [-0.15, -0.1) is 0 Å². The van der Waals surface area contributed by atoms with Gasteiger partial charge in [-0.25, -0.2) is 4.98 Å². The van der Waals surface area contributed by atoms with Crippen molar-refractivity contribution in [2.45, 2.75) is 46.0 Å². The minimum absolute atomic E-state index is 0.120. The smallest absolute Gasteiger partial charge is 0.227 e. The molecule has 1 aromatic heterocycles. The number of hydrogen-bond donors (Lipinski definition) is 1. The van der Waals surface area contributed by atoms with Gasteiger partial charge in [0.1, 0.15) is 5.82 Å². The zero-order chi connectivity index (χ0) is 18.5. The van der Waals surface area contributed by atoms with E-state index in [1.54, 1.807) is 6.20 Å². The SMILES string of the molecule is CC(C)CC(=O)N1CCN(c2ccc(NC(=O)C3CCCC3)cn2)CC1. The molecule has 6 nitrogen and oxygen atoms in total. The summed E-state index contributed by atoms with van der Waals surface area (Å²) in [6.07, 6.45) is 6.66. The minimum atomic E-state index is 0.120. The molecule has 0 radical (unpaired) electrons. The van der Waals surface area contributed by atoms with E-state index in [-0.39, 0.29) is 17.7 Å². The van der Waals surface area contributed by atoms with E-state index in [1.807, 2.05) is 17.0 Å². The summed E-state index contributed by atoms with van der Waals surface area (Å²) in [5.74, 6) is 1.83. The molecule has 2 amide bonds. The molecule has 1 aliphatic carbocycles. The van der Waals surface area contributed by atoms with Crippen molar-refractivity contribution in [1.82, 2.24) is 9.88 Å². The van der Waals surface area contributed by atoms with Crippen LogP contribution in [0.1, 0.15) is 46.0 Å². The van der Waals surface area contributed by atoms with E-state index in [4.69, 9.17) is 0 Å². The molecule has 1 saturated carbocycles. The van der Waals surface area contributed by atoms with E-state index < -0.39 is 0 Å². The summed E-state index contributed by atoms with van der Waals surface area (Å²) in [4.78, 5) is 33.0. The Kier molecular flexibility index (Phi) is 6.12. The third-order valence-electron chi connectivity index (χ3n) is 5.28. The molecular formula is C20H30N4O2. The number of anilines is 2. The molecule has 2 aliphatic rings. The predicted molar refractivity (Wildman–Crippen MR) is 103 cm³/mol. The zero-order valence-corrected chi connectivity index (χ0v) is 15.9. The summed E-state index contributed by atoms with van der Waals surface area (Å²) in [6.45, 7) is 7.23. The summed E-state index contributed by atoms with van der Waals surface area (Å²) in [5, 5.41) is 2.98. The average molecular weight is 358 g/mol. The van der Waals surface area contributed by atoms with Crippen molar-refractivity contribution in [3.05, 3.63) is 18.3 Å². The number of nitrogens with zero attached hydrogens (tertiary/aromatic N) is 3. The highest BCUT2D eigenvalue weighted by atomic mass is 16.2. The fraction of sp³-hybridized carbons (Fsp3) is 0.650. The molecule has 3 rings (SSSR count). The first-order valence-electron chi connectivity index (χ1n) is 9.82. The topological polar surface area (TPSA) is 65.5 Å². The van der Waals surface area contributed by atoms with Crippen LogP contribution >= 0.6 is 0 Å². The highest BCUT2D eigenvalue weighted by molar-refractivity contribution is 5.92. The van der Waals surface area contributed by atoms with E-state index in [9.17, 15) is 9.59 Å². The monoisotopic (exact) mass is 358 g/mol. The second kappa shape index (κ2) is 8.52. The summed E-state index contributed by atoms with van der Waals surface area (Å²) < 4.78 is 0. The molecule has 1 aliphatic heterocycles. The Labute approximate surface area is 156 Å². The third kappa shape index (κ3) is 4.74. The molecule has 0 spiro atoms. The van der Waals surface area contributed by atoms with Gasteiger partial charge in [-0.05, 0) is 30.9 Å². The Morgan fingerprint density at radius 2 is 1.85 bits per heavy atom. The number of amides is 2. The number of carbonyl (C=O) groups is 2. The maximum absolute atomic E-state index is 12.2. The number of aromatic nitrogens is 1. The Balaban J connectivity index is 1.50. The lowest BCUT2D eigenvalue weighted by Gasteiger charge is -2.35. The van der Waals surface area contributed by atoms with E-state index in [2.05, 4.69) is 29.0 Å². The van der Waals surface area contributed by atoms with Gasteiger partial charge in [-0.1, -0.05) is 26.7 Å². The molecule has 6 heteroatoms. The second-order valence-electron chi connectivity index (χ2n) is 7.84. The number of piperazine rings is 1. The number of pyridine rings is 1. The molecule has 2 heterocycles. The van der Waals surface area contributed by atoms with E-state index in [0.717, 1.165) is 63.4 Å². The fourth-order valence-corrected chi connectivity index (χ4v) is 3.74. The van der Waals surface area contributed by atoms with Crippen LogP contribution < -0.4 is 10.2 Å². The van der Waals surface area contributed by atoms with Crippen LogP contribution in [0.2, 0.25) is 0 Å². The van der Waals surface area contributed by atoms with Gasteiger partial charge >= 0.3 is 0 Å². The summed E-state index contributed by atoms with van der Waals surface area (Å²) in [6, 6.07) is 3.88. The standard InChI is InChI=1S/C20H30N4O2/c1-15(2)13-19(25)24-11-9-23(10-12-24)18-8-7-17(14-21-18)22-20(26)16-5-3-4-6-16/h7-8,14-16H,3-6,9-13H2,1-2H3,(H,22,26). The van der Waals surface area contributed by atoms with Crippen LogP contribution in [0.5, 0.6) is 0 Å². The van der Waals surface area contributed by atoms with Crippen LogP contribution in [-0.2, 0) is 9.59 Å². The summed E-state index contributed by atoms with van der Waals surface area (Å²) in [7, 11) is 0. The Morgan fingerprint density at radius 3 is 2.42 bits per heavy atom. The predicted octanol–water partition coefficient (Wildman–Crippen LogP) is 2.91. The Bertz CT molecular complexity index is 615. The van der Waals surface area contributed by atoms with E-state index in [0.29, 0.717) is 12.3 Å². The fourth-order valence-electron chi connectivity index (χ4n) is 3.74. The van der Waals surface area contributed by atoms with E-state index >= 15 is 0 Å². The molecule has 1 N–H and O–H groups in total. The second-order valence-corrected chi connectivity index (χ2v) is 7.84. The molecule has 0 aromatic carbocycles. The first-order chi connectivity index (χ1) is 12.5. The van der Waals surface area contributed by atoms with Gasteiger partial charge in [0.25, 0.3) is 0 Å². The van der Waals surface area contributed by atoms with Crippen molar-refractivity contribution in [2.75, 3.05) is 36.4 Å². The highest BCUT2D eigenvalue weighted by Crippen LogP contribution is 2.26. The number of carbonyl (C=O) groups excluding carboxylic acids is 2. The lowest BCUT2D eigenvalue weighted by molar-refractivity contribution is -0.132. The number of nitrogens with one attached hydrogen (secondary N) is 1. The largest absolute Gasteiger partial charge is 0.353 e. The van der Waals surface area contributed by atoms with Crippen LogP contribution in [-0.4, -0.2) is 47.9 Å². The maximum atomic E-state index is 12.2. The van der Waals surface area contributed by atoms with Crippen molar-refractivity contribution in [3.63, 3.8) is 0 Å².